The molecule has 5 nitrogen and oxygen atoms in total. The molecule has 1 unspecified atom stereocenters. The predicted molar refractivity (Wildman–Crippen MR) is 137 cm³/mol. The summed E-state index contributed by atoms with van der Waals surface area (Å²) in [5.41, 5.74) is 3.27. The number of nitrogens with one attached hydrogen (secondary N) is 1. The molecule has 0 saturated carbocycles. The van der Waals surface area contributed by atoms with Crippen LogP contribution in [-0.4, -0.2) is 43.5 Å². The lowest BCUT2D eigenvalue weighted by molar-refractivity contribution is -0.117. The summed E-state index contributed by atoms with van der Waals surface area (Å²) in [5, 5.41) is 14.4. The molecule has 1 aliphatic carbocycles. The van der Waals surface area contributed by atoms with Gasteiger partial charge in [-0.2, -0.15) is 5.26 Å². The van der Waals surface area contributed by atoms with Crippen LogP contribution in [0.1, 0.15) is 49.6 Å². The van der Waals surface area contributed by atoms with Crippen molar-refractivity contribution in [1.82, 2.24) is 4.90 Å². The number of nitriles is 1. The zero-order valence-corrected chi connectivity index (χ0v) is 21.4. The van der Waals surface area contributed by atoms with Gasteiger partial charge in [0.2, 0.25) is 5.91 Å². The minimum absolute atomic E-state index is 0.0354. The van der Waals surface area contributed by atoms with E-state index in [0.29, 0.717) is 23.4 Å². The Labute approximate surface area is 206 Å². The second kappa shape index (κ2) is 10.0. The quantitative estimate of drug-likeness (QED) is 0.581. The van der Waals surface area contributed by atoms with Crippen molar-refractivity contribution in [3.8, 4) is 6.07 Å². The molecule has 1 aromatic heterocycles. The van der Waals surface area contributed by atoms with E-state index in [1.165, 1.54) is 4.88 Å². The van der Waals surface area contributed by atoms with Crippen molar-refractivity contribution in [3.05, 3.63) is 45.3 Å². The van der Waals surface area contributed by atoms with Crippen LogP contribution in [0.4, 0.5) is 10.7 Å². The molecule has 1 atom stereocenters. The van der Waals surface area contributed by atoms with Gasteiger partial charge in [0.1, 0.15) is 11.1 Å². The summed E-state index contributed by atoms with van der Waals surface area (Å²) in [4.78, 5) is 18.6. The van der Waals surface area contributed by atoms with Gasteiger partial charge in [0, 0.05) is 41.8 Å². The van der Waals surface area contributed by atoms with Gasteiger partial charge in [-0.1, -0.05) is 44.9 Å². The second-order valence-electron chi connectivity index (χ2n) is 9.89. The Kier molecular flexibility index (Phi) is 7.33. The Morgan fingerprint density at radius 2 is 2.06 bits per heavy atom. The smallest absolute Gasteiger partial charge is 0.239 e. The van der Waals surface area contributed by atoms with E-state index >= 15 is 0 Å². The van der Waals surface area contributed by atoms with Crippen LogP contribution in [0.2, 0.25) is 5.02 Å². The molecule has 1 amide bonds. The maximum absolute atomic E-state index is 12.8. The van der Waals surface area contributed by atoms with E-state index < -0.39 is 0 Å². The van der Waals surface area contributed by atoms with E-state index in [1.807, 2.05) is 18.2 Å². The van der Waals surface area contributed by atoms with Gasteiger partial charge in [-0.15, -0.1) is 11.3 Å². The number of hydrogen-bond acceptors (Lipinski definition) is 5. The summed E-state index contributed by atoms with van der Waals surface area (Å²) in [6, 6.07) is 10.3. The zero-order chi connectivity index (χ0) is 23.6. The van der Waals surface area contributed by atoms with E-state index in [9.17, 15) is 10.1 Å². The Morgan fingerprint density at radius 1 is 1.30 bits per heavy atom. The van der Waals surface area contributed by atoms with E-state index in [2.05, 4.69) is 48.0 Å². The van der Waals surface area contributed by atoms with Crippen LogP contribution < -0.4 is 10.2 Å². The lowest BCUT2D eigenvalue weighted by Gasteiger charge is -2.36. The third kappa shape index (κ3) is 5.37. The first-order chi connectivity index (χ1) is 15.8. The van der Waals surface area contributed by atoms with Gasteiger partial charge in [0.15, 0.2) is 0 Å². The van der Waals surface area contributed by atoms with Gasteiger partial charge in [-0.25, -0.2) is 0 Å². The van der Waals surface area contributed by atoms with Gasteiger partial charge in [-0.3, -0.25) is 9.69 Å². The number of rotatable bonds is 6. The van der Waals surface area contributed by atoms with E-state index in [-0.39, 0.29) is 5.91 Å². The van der Waals surface area contributed by atoms with Crippen LogP contribution >= 0.6 is 22.9 Å². The third-order valence-electron chi connectivity index (χ3n) is 7.56. The Bertz CT molecular complexity index is 1050. The summed E-state index contributed by atoms with van der Waals surface area (Å²) in [6.07, 6.45) is 4.21. The highest BCUT2D eigenvalue weighted by molar-refractivity contribution is 7.16. The molecule has 1 aromatic carbocycles. The van der Waals surface area contributed by atoms with Gasteiger partial charge in [0.05, 0.1) is 12.1 Å². The molecule has 1 fully saturated rings. The van der Waals surface area contributed by atoms with Crippen molar-refractivity contribution < 1.29 is 4.79 Å². The number of carbonyl (C=O) groups excluding carboxylic acids is 1. The molecule has 1 N–H and O–H groups in total. The fourth-order valence-electron chi connectivity index (χ4n) is 4.95. The SMILES string of the molecule is CCC(C)(C)C1CCc2c(sc(NC(=O)CN3CCN(c4cccc(Cl)c4)CC3)c2C#N)C1. The molecular weight excluding hydrogens is 452 g/mol. The normalized spacial score (nSPS) is 19.1. The number of fused-ring (bicyclic) bond motifs is 1. The van der Waals surface area contributed by atoms with E-state index in [0.717, 1.165) is 73.1 Å². The molecule has 0 radical (unpaired) electrons. The molecule has 7 heteroatoms. The van der Waals surface area contributed by atoms with Crippen molar-refractivity contribution in [2.75, 3.05) is 42.9 Å². The van der Waals surface area contributed by atoms with Crippen molar-refractivity contribution in [2.24, 2.45) is 11.3 Å². The maximum atomic E-state index is 12.8. The Hall–Kier alpha value is -2.07. The molecule has 0 bridgehead atoms. The van der Waals surface area contributed by atoms with Crippen LogP contribution in [0.25, 0.3) is 0 Å². The first-order valence-corrected chi connectivity index (χ1v) is 13.1. The van der Waals surface area contributed by atoms with Gasteiger partial charge in [-0.05, 0) is 54.4 Å². The summed E-state index contributed by atoms with van der Waals surface area (Å²) in [6.45, 7) is 10.7. The minimum atomic E-state index is -0.0354. The third-order valence-corrected chi connectivity index (χ3v) is 8.96. The maximum Gasteiger partial charge on any atom is 0.239 e. The van der Waals surface area contributed by atoms with Crippen LogP contribution in [0.3, 0.4) is 0 Å². The Morgan fingerprint density at radius 3 is 2.73 bits per heavy atom. The lowest BCUT2D eigenvalue weighted by atomic mass is 9.69. The van der Waals surface area contributed by atoms with Gasteiger partial charge in [0.25, 0.3) is 0 Å². The molecule has 176 valence electrons. The second-order valence-corrected chi connectivity index (χ2v) is 11.4. The highest BCUT2D eigenvalue weighted by Gasteiger charge is 2.34. The predicted octanol–water partition coefficient (Wildman–Crippen LogP) is 5.57. The highest BCUT2D eigenvalue weighted by Crippen LogP contribution is 2.45. The number of thiophene rings is 1. The van der Waals surface area contributed by atoms with Crippen molar-refractivity contribution >= 4 is 39.5 Å². The van der Waals surface area contributed by atoms with Crippen molar-refractivity contribution in [3.63, 3.8) is 0 Å². The average molecular weight is 485 g/mol. The minimum Gasteiger partial charge on any atom is -0.369 e. The molecule has 4 rings (SSSR count). The van der Waals surface area contributed by atoms with Crippen LogP contribution in [0.15, 0.2) is 24.3 Å². The number of amides is 1. The van der Waals surface area contributed by atoms with Crippen molar-refractivity contribution in [1.29, 1.82) is 5.26 Å². The summed E-state index contributed by atoms with van der Waals surface area (Å²) in [5.74, 6) is 0.589. The van der Waals surface area contributed by atoms with Crippen LogP contribution in [0, 0.1) is 22.7 Å². The first kappa shape index (κ1) is 24.1. The fourth-order valence-corrected chi connectivity index (χ4v) is 6.43. The fraction of sp³-hybridized carbons (Fsp3) is 0.538. The summed E-state index contributed by atoms with van der Waals surface area (Å²) >= 11 is 7.74. The number of hydrogen-bond donors (Lipinski definition) is 1. The molecular formula is C26H33ClN4OS. The number of nitrogens with zero attached hydrogens (tertiary/aromatic N) is 3. The van der Waals surface area contributed by atoms with Gasteiger partial charge >= 0.3 is 0 Å². The molecule has 1 saturated heterocycles. The zero-order valence-electron chi connectivity index (χ0n) is 19.8. The molecule has 0 spiro atoms. The molecule has 2 aliphatic rings. The number of benzene rings is 1. The molecule has 33 heavy (non-hydrogen) atoms. The molecule has 2 aromatic rings. The van der Waals surface area contributed by atoms with E-state index in [1.54, 1.807) is 11.3 Å². The number of carbonyl (C=O) groups is 1. The van der Waals surface area contributed by atoms with E-state index in [4.69, 9.17) is 11.6 Å². The average Bonchev–Trinajstić information content (AvgIpc) is 3.15. The highest BCUT2D eigenvalue weighted by atomic mass is 35.5. The number of anilines is 2. The monoisotopic (exact) mass is 484 g/mol. The summed E-state index contributed by atoms with van der Waals surface area (Å²) < 4.78 is 0. The lowest BCUT2D eigenvalue weighted by Crippen LogP contribution is -2.48. The largest absolute Gasteiger partial charge is 0.369 e. The molecule has 1 aliphatic heterocycles. The van der Waals surface area contributed by atoms with Gasteiger partial charge < -0.3 is 10.2 Å². The first-order valence-electron chi connectivity index (χ1n) is 11.9. The molecule has 2 heterocycles. The topological polar surface area (TPSA) is 59.4 Å². The van der Waals surface area contributed by atoms with Crippen LogP contribution in [-0.2, 0) is 17.6 Å². The Balaban J connectivity index is 1.35. The van der Waals surface area contributed by atoms with Crippen molar-refractivity contribution in [2.45, 2.75) is 46.5 Å². The number of piperazine rings is 1. The van der Waals surface area contributed by atoms with Crippen LogP contribution in [0.5, 0.6) is 0 Å². The summed E-state index contributed by atoms with van der Waals surface area (Å²) in [7, 11) is 0. The standard InChI is InChI=1S/C26H33ClN4OS/c1-4-26(2,3)18-8-9-21-22(16-28)25(33-23(21)14-18)29-24(32)17-30-10-12-31(13-11-30)20-7-5-6-19(27)15-20/h5-7,15,18H,4,8-14,17H2,1-3H3,(H,29,32). The number of halogens is 1.